The number of hydrogen-bond acceptors (Lipinski definition) is 2. The summed E-state index contributed by atoms with van der Waals surface area (Å²) in [7, 11) is 0.336. The summed E-state index contributed by atoms with van der Waals surface area (Å²) in [6, 6.07) is 5.56. The molecule has 0 bridgehead atoms. The molecular formula is C16H24ClF2NOSi. The summed E-state index contributed by atoms with van der Waals surface area (Å²) in [5.41, 5.74) is 1.26. The van der Waals surface area contributed by atoms with Gasteiger partial charge in [-0.05, 0) is 30.5 Å². The van der Waals surface area contributed by atoms with Crippen LogP contribution in [-0.4, -0.2) is 22.7 Å². The molecule has 0 spiro atoms. The highest BCUT2D eigenvalue weighted by atomic mass is 35.5. The van der Waals surface area contributed by atoms with Gasteiger partial charge >= 0.3 is 0 Å². The number of benzene rings is 1. The van der Waals surface area contributed by atoms with Crippen molar-refractivity contribution in [3.05, 3.63) is 34.3 Å². The molecule has 6 heteroatoms. The number of hydrogen-bond donors (Lipinski definition) is 1. The van der Waals surface area contributed by atoms with Crippen LogP contribution in [0.2, 0.25) is 10.1 Å². The standard InChI is InChI=1S/C16H24ClF2NOSi/c1-15(2,3)22-21-16(4,5)12-8-11(6-7-13(12)17)9-20-10-14(18)19/h6-8,14,20H,9-10H2,1-5H3. The summed E-state index contributed by atoms with van der Waals surface area (Å²) >= 11 is 6.30. The molecule has 0 fully saturated rings. The van der Waals surface area contributed by atoms with E-state index in [9.17, 15) is 8.78 Å². The maximum atomic E-state index is 12.2. The predicted octanol–water partition coefficient (Wildman–Crippen LogP) is 4.78. The normalized spacial score (nSPS) is 13.0. The Morgan fingerprint density at radius 2 is 1.86 bits per heavy atom. The van der Waals surface area contributed by atoms with E-state index in [4.69, 9.17) is 16.0 Å². The molecule has 2 radical (unpaired) electrons. The molecule has 0 aromatic heterocycles. The molecule has 0 saturated heterocycles. The summed E-state index contributed by atoms with van der Waals surface area (Å²) in [4.78, 5) is 0. The van der Waals surface area contributed by atoms with E-state index in [1.54, 1.807) is 6.07 Å². The third-order valence-corrected chi connectivity index (χ3v) is 4.47. The van der Waals surface area contributed by atoms with Gasteiger partial charge in [0, 0.05) is 17.1 Å². The molecule has 0 aliphatic rings. The first-order valence-electron chi connectivity index (χ1n) is 7.24. The van der Waals surface area contributed by atoms with Gasteiger partial charge in [0.2, 0.25) is 9.76 Å². The molecule has 1 aromatic carbocycles. The van der Waals surface area contributed by atoms with Crippen LogP contribution < -0.4 is 5.32 Å². The van der Waals surface area contributed by atoms with Gasteiger partial charge in [-0.15, -0.1) is 0 Å². The van der Waals surface area contributed by atoms with Crippen LogP contribution in [0, 0.1) is 0 Å². The van der Waals surface area contributed by atoms with Crippen molar-refractivity contribution in [2.45, 2.75) is 58.2 Å². The Kier molecular flexibility index (Phi) is 6.99. The number of nitrogens with one attached hydrogen (secondary N) is 1. The van der Waals surface area contributed by atoms with E-state index < -0.39 is 12.0 Å². The topological polar surface area (TPSA) is 21.3 Å². The zero-order chi connectivity index (χ0) is 17.0. The van der Waals surface area contributed by atoms with Gasteiger partial charge in [0.1, 0.15) is 0 Å². The number of rotatable bonds is 7. The molecule has 0 aliphatic heterocycles. The van der Waals surface area contributed by atoms with E-state index in [2.05, 4.69) is 26.1 Å². The second-order valence-electron chi connectivity index (χ2n) is 6.80. The van der Waals surface area contributed by atoms with Gasteiger partial charge in [-0.2, -0.15) is 0 Å². The van der Waals surface area contributed by atoms with E-state index in [-0.39, 0.29) is 11.6 Å². The zero-order valence-electron chi connectivity index (χ0n) is 13.8. The van der Waals surface area contributed by atoms with Crippen molar-refractivity contribution in [1.82, 2.24) is 5.32 Å². The van der Waals surface area contributed by atoms with Gasteiger partial charge in [0.25, 0.3) is 6.43 Å². The monoisotopic (exact) mass is 347 g/mol. The minimum Gasteiger partial charge on any atom is -0.408 e. The van der Waals surface area contributed by atoms with Crippen molar-refractivity contribution in [3.63, 3.8) is 0 Å². The van der Waals surface area contributed by atoms with Crippen molar-refractivity contribution >= 4 is 21.4 Å². The van der Waals surface area contributed by atoms with Gasteiger partial charge in [-0.25, -0.2) is 8.78 Å². The smallest absolute Gasteiger partial charge is 0.250 e. The highest BCUT2D eigenvalue weighted by Crippen LogP contribution is 2.34. The molecule has 0 heterocycles. The van der Waals surface area contributed by atoms with Gasteiger partial charge in [0.05, 0.1) is 12.1 Å². The third-order valence-electron chi connectivity index (χ3n) is 2.92. The molecule has 2 nitrogen and oxygen atoms in total. The lowest BCUT2D eigenvalue weighted by atomic mass is 9.96. The Labute approximate surface area is 139 Å². The highest BCUT2D eigenvalue weighted by Gasteiger charge is 2.27. The summed E-state index contributed by atoms with van der Waals surface area (Å²) in [5.74, 6) is 0. The average molecular weight is 348 g/mol. The lowest BCUT2D eigenvalue weighted by molar-refractivity contribution is 0.109. The van der Waals surface area contributed by atoms with E-state index in [0.717, 1.165) is 11.1 Å². The van der Waals surface area contributed by atoms with Crippen LogP contribution >= 0.6 is 11.6 Å². The van der Waals surface area contributed by atoms with Crippen molar-refractivity contribution in [2.24, 2.45) is 0 Å². The molecular weight excluding hydrogens is 324 g/mol. The minimum atomic E-state index is -2.35. The summed E-state index contributed by atoms with van der Waals surface area (Å²) < 4.78 is 30.4. The quantitative estimate of drug-likeness (QED) is 0.716. The van der Waals surface area contributed by atoms with Crippen molar-refractivity contribution in [2.75, 3.05) is 6.54 Å². The van der Waals surface area contributed by atoms with Crippen LogP contribution in [0.1, 0.15) is 45.7 Å². The molecule has 0 atom stereocenters. The van der Waals surface area contributed by atoms with E-state index in [1.807, 2.05) is 26.0 Å². The SMILES string of the molecule is CC(C)(C)[Si]OC(C)(C)c1cc(CNCC(F)F)ccc1Cl. The van der Waals surface area contributed by atoms with Crippen LogP contribution in [0.4, 0.5) is 8.78 Å². The van der Waals surface area contributed by atoms with Crippen LogP contribution in [0.15, 0.2) is 18.2 Å². The lowest BCUT2D eigenvalue weighted by Gasteiger charge is -2.30. The first kappa shape index (κ1) is 19.6. The highest BCUT2D eigenvalue weighted by molar-refractivity contribution is 6.32. The fourth-order valence-electron chi connectivity index (χ4n) is 1.81. The Balaban J connectivity index is 2.83. The lowest BCUT2D eigenvalue weighted by Crippen LogP contribution is -2.28. The second kappa shape index (κ2) is 7.86. The van der Waals surface area contributed by atoms with Crippen LogP contribution in [0.5, 0.6) is 0 Å². The van der Waals surface area contributed by atoms with Gasteiger partial charge < -0.3 is 9.74 Å². The molecule has 0 aliphatic carbocycles. The Hall–Kier alpha value is -0.493. The number of halogens is 3. The van der Waals surface area contributed by atoms with Gasteiger partial charge in [-0.3, -0.25) is 0 Å². The average Bonchev–Trinajstić information content (AvgIpc) is 2.37. The van der Waals surface area contributed by atoms with Crippen LogP contribution in [0.3, 0.4) is 0 Å². The molecule has 0 unspecified atom stereocenters. The Morgan fingerprint density at radius 3 is 2.41 bits per heavy atom. The largest absolute Gasteiger partial charge is 0.408 e. The maximum absolute atomic E-state index is 12.2. The molecule has 0 amide bonds. The fraction of sp³-hybridized carbons (Fsp3) is 0.625. The first-order valence-corrected chi connectivity index (χ1v) is 8.53. The third kappa shape index (κ3) is 6.73. The Morgan fingerprint density at radius 1 is 1.23 bits per heavy atom. The molecule has 0 saturated carbocycles. The van der Waals surface area contributed by atoms with E-state index in [1.165, 1.54) is 0 Å². The van der Waals surface area contributed by atoms with Crippen molar-refractivity contribution in [1.29, 1.82) is 0 Å². The van der Waals surface area contributed by atoms with E-state index in [0.29, 0.717) is 21.3 Å². The van der Waals surface area contributed by atoms with Crippen molar-refractivity contribution in [3.8, 4) is 0 Å². The predicted molar refractivity (Wildman–Crippen MR) is 88.7 cm³/mol. The van der Waals surface area contributed by atoms with Gasteiger partial charge in [-0.1, -0.05) is 44.5 Å². The molecule has 1 N–H and O–H groups in total. The minimum absolute atomic E-state index is 0.0835. The fourth-order valence-corrected chi connectivity index (χ4v) is 2.82. The van der Waals surface area contributed by atoms with Crippen LogP contribution in [-0.2, 0) is 16.6 Å². The molecule has 124 valence electrons. The maximum Gasteiger partial charge on any atom is 0.250 e. The number of alkyl halides is 2. The zero-order valence-corrected chi connectivity index (χ0v) is 15.5. The van der Waals surface area contributed by atoms with E-state index >= 15 is 0 Å². The molecule has 1 rings (SSSR count). The summed E-state index contributed by atoms with van der Waals surface area (Å²) in [6.45, 7) is 10.4. The summed E-state index contributed by atoms with van der Waals surface area (Å²) in [5, 5.41) is 3.43. The molecule has 22 heavy (non-hydrogen) atoms. The van der Waals surface area contributed by atoms with Gasteiger partial charge in [0.15, 0.2) is 0 Å². The Bertz CT molecular complexity index is 490. The van der Waals surface area contributed by atoms with Crippen molar-refractivity contribution < 1.29 is 13.2 Å². The first-order chi connectivity index (χ1) is 10.0. The van der Waals surface area contributed by atoms with Crippen LogP contribution in [0.25, 0.3) is 0 Å². The molecule has 1 aromatic rings. The summed E-state index contributed by atoms with van der Waals surface area (Å²) in [6.07, 6.45) is -2.35. The second-order valence-corrected chi connectivity index (χ2v) is 9.12.